The van der Waals surface area contributed by atoms with E-state index < -0.39 is 0 Å². The van der Waals surface area contributed by atoms with Gasteiger partial charge in [0.2, 0.25) is 0 Å². The van der Waals surface area contributed by atoms with Gasteiger partial charge in [-0.25, -0.2) is 0 Å². The van der Waals surface area contributed by atoms with E-state index in [1.165, 1.54) is 51.6 Å². The Kier molecular flexibility index (Phi) is 3.89. The molecule has 2 aliphatic carbocycles. The lowest BCUT2D eigenvalue weighted by molar-refractivity contribution is -0.0133. The molecule has 110 valence electrons. The largest absolute Gasteiger partial charge is 0.380 e. The van der Waals surface area contributed by atoms with E-state index in [1.54, 1.807) is 0 Å². The van der Waals surface area contributed by atoms with Crippen LogP contribution in [0.3, 0.4) is 0 Å². The Morgan fingerprint density at radius 1 is 1.26 bits per heavy atom. The fourth-order valence-corrected chi connectivity index (χ4v) is 4.25. The zero-order valence-corrected chi connectivity index (χ0v) is 12.7. The Morgan fingerprint density at radius 2 is 2.00 bits per heavy atom. The Bertz CT molecular complexity index is 310. The van der Waals surface area contributed by atoms with Gasteiger partial charge in [-0.2, -0.15) is 0 Å². The lowest BCUT2D eigenvalue weighted by Crippen LogP contribution is -2.69. The van der Waals surface area contributed by atoms with Crippen molar-refractivity contribution in [3.05, 3.63) is 0 Å². The van der Waals surface area contributed by atoms with Crippen molar-refractivity contribution in [1.82, 2.24) is 10.2 Å². The van der Waals surface area contributed by atoms with Crippen LogP contribution >= 0.6 is 0 Å². The first-order chi connectivity index (χ1) is 9.19. The normalized spacial score (nSPS) is 35.1. The van der Waals surface area contributed by atoms with E-state index in [9.17, 15) is 0 Å². The van der Waals surface area contributed by atoms with Crippen LogP contribution in [0.5, 0.6) is 0 Å². The third kappa shape index (κ3) is 2.70. The standard InChI is InChI=1S/C16H30N2O/c1-3-19-11-10-18-13-15(2,14-6-7-14)17-12-16(18)8-4-5-9-16/h14,17H,3-13H2,1-2H3. The molecule has 0 amide bonds. The maximum absolute atomic E-state index is 5.62. The average Bonchev–Trinajstić information content (AvgIpc) is 3.16. The highest BCUT2D eigenvalue weighted by Gasteiger charge is 2.51. The van der Waals surface area contributed by atoms with Gasteiger partial charge in [0, 0.05) is 37.3 Å². The smallest absolute Gasteiger partial charge is 0.0593 e. The topological polar surface area (TPSA) is 24.5 Å². The Labute approximate surface area is 118 Å². The summed E-state index contributed by atoms with van der Waals surface area (Å²) in [5.41, 5.74) is 0.811. The van der Waals surface area contributed by atoms with Crippen molar-refractivity contribution in [2.45, 2.75) is 63.5 Å². The third-order valence-corrected chi connectivity index (χ3v) is 5.73. The van der Waals surface area contributed by atoms with Crippen molar-refractivity contribution in [1.29, 1.82) is 0 Å². The van der Waals surface area contributed by atoms with Crippen LogP contribution in [0.1, 0.15) is 52.4 Å². The number of rotatable bonds is 5. The number of hydrogen-bond donors (Lipinski definition) is 1. The summed E-state index contributed by atoms with van der Waals surface area (Å²) in [6.07, 6.45) is 8.44. The molecule has 1 spiro atoms. The number of nitrogens with one attached hydrogen (secondary N) is 1. The van der Waals surface area contributed by atoms with Crippen LogP contribution in [0, 0.1) is 5.92 Å². The molecule has 2 saturated carbocycles. The van der Waals surface area contributed by atoms with E-state index in [-0.39, 0.29) is 0 Å². The quantitative estimate of drug-likeness (QED) is 0.773. The van der Waals surface area contributed by atoms with Gasteiger partial charge in [0.05, 0.1) is 6.61 Å². The van der Waals surface area contributed by atoms with Crippen molar-refractivity contribution in [3.8, 4) is 0 Å². The summed E-state index contributed by atoms with van der Waals surface area (Å²) in [6, 6.07) is 0. The van der Waals surface area contributed by atoms with Gasteiger partial charge in [-0.15, -0.1) is 0 Å². The SMILES string of the molecule is CCOCCN1CC(C)(C2CC2)NCC12CCCC2. The van der Waals surface area contributed by atoms with Crippen LogP contribution in [-0.2, 0) is 4.74 Å². The summed E-state index contributed by atoms with van der Waals surface area (Å²) < 4.78 is 5.62. The molecule has 1 N–H and O–H groups in total. The minimum absolute atomic E-state index is 0.361. The second kappa shape index (κ2) is 5.34. The summed E-state index contributed by atoms with van der Waals surface area (Å²) in [4.78, 5) is 2.78. The molecule has 3 nitrogen and oxygen atoms in total. The van der Waals surface area contributed by atoms with Crippen LogP contribution in [-0.4, -0.2) is 48.8 Å². The fraction of sp³-hybridized carbons (Fsp3) is 1.00. The molecule has 0 bridgehead atoms. The number of nitrogens with zero attached hydrogens (tertiary/aromatic N) is 1. The highest BCUT2D eigenvalue weighted by molar-refractivity contribution is 5.10. The summed E-state index contributed by atoms with van der Waals surface area (Å²) >= 11 is 0. The van der Waals surface area contributed by atoms with Crippen molar-refractivity contribution in [2.24, 2.45) is 5.92 Å². The average molecular weight is 266 g/mol. The van der Waals surface area contributed by atoms with Crippen molar-refractivity contribution >= 4 is 0 Å². The molecule has 1 atom stereocenters. The van der Waals surface area contributed by atoms with Gasteiger partial charge in [0.1, 0.15) is 0 Å². The predicted molar refractivity (Wildman–Crippen MR) is 78.4 cm³/mol. The molecular weight excluding hydrogens is 236 g/mol. The van der Waals surface area contributed by atoms with E-state index in [1.807, 2.05) is 0 Å². The van der Waals surface area contributed by atoms with Crippen LogP contribution in [0.25, 0.3) is 0 Å². The van der Waals surface area contributed by atoms with Gasteiger partial charge in [-0.3, -0.25) is 4.90 Å². The molecule has 1 unspecified atom stereocenters. The van der Waals surface area contributed by atoms with E-state index >= 15 is 0 Å². The van der Waals surface area contributed by atoms with Crippen LogP contribution in [0.15, 0.2) is 0 Å². The van der Waals surface area contributed by atoms with Gasteiger partial charge in [0.25, 0.3) is 0 Å². The minimum atomic E-state index is 0.361. The molecule has 3 rings (SSSR count). The third-order valence-electron chi connectivity index (χ3n) is 5.73. The summed E-state index contributed by atoms with van der Waals surface area (Å²) in [5, 5.41) is 3.93. The first-order valence-electron chi connectivity index (χ1n) is 8.26. The molecule has 0 aromatic carbocycles. The first kappa shape index (κ1) is 13.8. The highest BCUT2D eigenvalue weighted by atomic mass is 16.5. The second-order valence-electron chi connectivity index (χ2n) is 7.10. The second-order valence-corrected chi connectivity index (χ2v) is 7.10. The zero-order valence-electron chi connectivity index (χ0n) is 12.7. The monoisotopic (exact) mass is 266 g/mol. The van der Waals surface area contributed by atoms with Crippen molar-refractivity contribution < 1.29 is 4.74 Å². The zero-order chi connectivity index (χ0) is 13.3. The highest BCUT2D eigenvalue weighted by Crippen LogP contribution is 2.45. The van der Waals surface area contributed by atoms with Crippen LogP contribution < -0.4 is 5.32 Å². The van der Waals surface area contributed by atoms with Gasteiger partial charge < -0.3 is 10.1 Å². The van der Waals surface area contributed by atoms with E-state index in [2.05, 4.69) is 24.1 Å². The predicted octanol–water partition coefficient (Wildman–Crippen LogP) is 2.41. The molecular formula is C16H30N2O. The molecule has 1 saturated heterocycles. The molecule has 0 radical (unpaired) electrons. The molecule has 1 heterocycles. The molecule has 3 fully saturated rings. The lowest BCUT2D eigenvalue weighted by atomic mass is 9.84. The minimum Gasteiger partial charge on any atom is -0.380 e. The summed E-state index contributed by atoms with van der Waals surface area (Å²) in [7, 11) is 0. The first-order valence-corrected chi connectivity index (χ1v) is 8.26. The van der Waals surface area contributed by atoms with Gasteiger partial charge in [-0.05, 0) is 45.4 Å². The molecule has 3 aliphatic rings. The van der Waals surface area contributed by atoms with Gasteiger partial charge in [0.15, 0.2) is 0 Å². The Balaban J connectivity index is 1.68. The number of ether oxygens (including phenoxy) is 1. The Morgan fingerprint density at radius 3 is 2.63 bits per heavy atom. The van der Waals surface area contributed by atoms with Crippen LogP contribution in [0.4, 0.5) is 0 Å². The maximum atomic E-state index is 5.62. The van der Waals surface area contributed by atoms with E-state index in [0.29, 0.717) is 11.1 Å². The number of piperazine rings is 1. The number of hydrogen-bond acceptors (Lipinski definition) is 3. The molecule has 0 aromatic rings. The van der Waals surface area contributed by atoms with Crippen molar-refractivity contribution in [2.75, 3.05) is 32.8 Å². The van der Waals surface area contributed by atoms with Gasteiger partial charge in [-0.1, -0.05) is 12.8 Å². The summed E-state index contributed by atoms with van der Waals surface area (Å²) in [6.45, 7) is 9.84. The summed E-state index contributed by atoms with van der Waals surface area (Å²) in [5.74, 6) is 0.917. The Hall–Kier alpha value is -0.120. The van der Waals surface area contributed by atoms with E-state index in [0.717, 1.165) is 25.7 Å². The van der Waals surface area contributed by atoms with Gasteiger partial charge >= 0.3 is 0 Å². The van der Waals surface area contributed by atoms with Crippen molar-refractivity contribution in [3.63, 3.8) is 0 Å². The molecule has 1 aliphatic heterocycles. The molecule has 19 heavy (non-hydrogen) atoms. The van der Waals surface area contributed by atoms with Crippen LogP contribution in [0.2, 0.25) is 0 Å². The molecule has 3 heteroatoms. The molecule has 0 aromatic heterocycles. The van der Waals surface area contributed by atoms with E-state index in [4.69, 9.17) is 4.74 Å². The lowest BCUT2D eigenvalue weighted by Gasteiger charge is -2.53. The maximum Gasteiger partial charge on any atom is 0.0593 e. The fourth-order valence-electron chi connectivity index (χ4n) is 4.25.